The quantitative estimate of drug-likeness (QED) is 0.873. The molecule has 2 heterocycles. The highest BCUT2D eigenvalue weighted by molar-refractivity contribution is 7.12. The number of carbonyl (C=O) groups is 2. The molecule has 6 heteroatoms. The van der Waals surface area contributed by atoms with Gasteiger partial charge in [0, 0.05) is 22.5 Å². The number of aryl methyl sites for hydroxylation is 1. The number of allylic oxidation sites excluding steroid dienone is 1. The van der Waals surface area contributed by atoms with Gasteiger partial charge in [-0.15, -0.1) is 11.3 Å². The summed E-state index contributed by atoms with van der Waals surface area (Å²) in [6.45, 7) is 7.38. The van der Waals surface area contributed by atoms with Gasteiger partial charge in [0.05, 0.1) is 17.7 Å². The van der Waals surface area contributed by atoms with Crippen molar-refractivity contribution < 1.29 is 14.3 Å². The second-order valence-corrected chi connectivity index (χ2v) is 6.66. The Hall–Kier alpha value is -1.82. The Morgan fingerprint density at radius 3 is 2.57 bits per heavy atom. The summed E-state index contributed by atoms with van der Waals surface area (Å²) in [5.74, 6) is -0.384. The fourth-order valence-corrected chi connectivity index (χ4v) is 3.14. The lowest BCUT2D eigenvalue weighted by molar-refractivity contribution is -0.143. The van der Waals surface area contributed by atoms with Crippen LogP contribution < -0.4 is 5.32 Å². The van der Waals surface area contributed by atoms with Crippen LogP contribution in [0.15, 0.2) is 23.4 Å². The van der Waals surface area contributed by atoms with Crippen LogP contribution >= 0.6 is 11.3 Å². The topological polar surface area (TPSA) is 58.6 Å². The van der Waals surface area contributed by atoms with E-state index in [0.717, 1.165) is 9.75 Å². The monoisotopic (exact) mass is 308 g/mol. The van der Waals surface area contributed by atoms with Crippen molar-refractivity contribution in [2.75, 3.05) is 7.05 Å². The van der Waals surface area contributed by atoms with Gasteiger partial charge in [-0.25, -0.2) is 9.59 Å². The summed E-state index contributed by atoms with van der Waals surface area (Å²) in [5, 5.41) is 2.87. The highest BCUT2D eigenvalue weighted by atomic mass is 32.1. The van der Waals surface area contributed by atoms with Gasteiger partial charge in [0.25, 0.3) is 0 Å². The summed E-state index contributed by atoms with van der Waals surface area (Å²) in [6.07, 6.45) is -0.202. The Bertz CT molecular complexity index is 604. The maximum Gasteiger partial charge on any atom is 0.338 e. The zero-order chi connectivity index (χ0) is 15.7. The van der Waals surface area contributed by atoms with Crippen molar-refractivity contribution in [1.29, 1.82) is 0 Å². The lowest BCUT2D eigenvalue weighted by Crippen LogP contribution is -2.46. The van der Waals surface area contributed by atoms with Gasteiger partial charge in [-0.1, -0.05) is 0 Å². The summed E-state index contributed by atoms with van der Waals surface area (Å²) in [7, 11) is 1.64. The summed E-state index contributed by atoms with van der Waals surface area (Å²) in [6, 6.07) is 3.25. The van der Waals surface area contributed by atoms with Crippen molar-refractivity contribution in [3.63, 3.8) is 0 Å². The summed E-state index contributed by atoms with van der Waals surface area (Å²) < 4.78 is 5.33. The van der Waals surface area contributed by atoms with E-state index < -0.39 is 6.04 Å². The molecule has 0 aliphatic carbocycles. The number of ether oxygens (including phenoxy) is 1. The van der Waals surface area contributed by atoms with Crippen molar-refractivity contribution in [2.24, 2.45) is 0 Å². The molecule has 5 nitrogen and oxygen atoms in total. The Morgan fingerprint density at radius 2 is 2.05 bits per heavy atom. The van der Waals surface area contributed by atoms with Crippen LogP contribution in [0.25, 0.3) is 0 Å². The van der Waals surface area contributed by atoms with E-state index in [1.807, 2.05) is 32.9 Å². The van der Waals surface area contributed by atoms with Crippen molar-refractivity contribution in [3.05, 3.63) is 33.2 Å². The summed E-state index contributed by atoms with van der Waals surface area (Å²) in [5.41, 5.74) is 1.12. The van der Waals surface area contributed by atoms with E-state index in [-0.39, 0.29) is 18.1 Å². The lowest BCUT2D eigenvalue weighted by atomic mass is 10.0. The van der Waals surface area contributed by atoms with Gasteiger partial charge in [-0.2, -0.15) is 0 Å². The number of thiophene rings is 1. The molecular weight excluding hydrogens is 288 g/mol. The summed E-state index contributed by atoms with van der Waals surface area (Å²) in [4.78, 5) is 27.9. The first-order valence-electron chi connectivity index (χ1n) is 6.83. The van der Waals surface area contributed by atoms with E-state index in [0.29, 0.717) is 11.3 Å². The number of hydrogen-bond donors (Lipinski definition) is 1. The van der Waals surface area contributed by atoms with Crippen LogP contribution in [-0.4, -0.2) is 30.1 Å². The average Bonchev–Trinajstić information content (AvgIpc) is 2.81. The van der Waals surface area contributed by atoms with Gasteiger partial charge in [0.15, 0.2) is 0 Å². The smallest absolute Gasteiger partial charge is 0.338 e. The molecule has 1 aromatic rings. The molecule has 21 heavy (non-hydrogen) atoms. The minimum atomic E-state index is -0.446. The highest BCUT2D eigenvalue weighted by Crippen LogP contribution is 2.34. The van der Waals surface area contributed by atoms with E-state index in [4.69, 9.17) is 4.74 Å². The highest BCUT2D eigenvalue weighted by Gasteiger charge is 2.35. The first-order chi connectivity index (χ1) is 9.81. The van der Waals surface area contributed by atoms with E-state index in [1.54, 1.807) is 25.3 Å². The van der Waals surface area contributed by atoms with Gasteiger partial charge in [0.2, 0.25) is 0 Å². The molecule has 1 aromatic heterocycles. The molecule has 0 aromatic carbocycles. The van der Waals surface area contributed by atoms with Gasteiger partial charge in [-0.05, 0) is 39.8 Å². The number of esters is 1. The minimum Gasteiger partial charge on any atom is -0.459 e. The fourth-order valence-electron chi connectivity index (χ4n) is 2.20. The van der Waals surface area contributed by atoms with Crippen LogP contribution in [-0.2, 0) is 9.53 Å². The molecule has 0 fully saturated rings. The SMILES string of the molecule is CC1=C(C(=O)OC(C)C)[C@@H](c2ccc(C)s2)NC(=O)N1C. The van der Waals surface area contributed by atoms with Gasteiger partial charge in [0.1, 0.15) is 0 Å². The van der Waals surface area contributed by atoms with Crippen LogP contribution in [0.1, 0.15) is 36.6 Å². The normalized spacial score (nSPS) is 19.0. The fraction of sp³-hybridized carbons (Fsp3) is 0.467. The second-order valence-electron chi connectivity index (χ2n) is 5.34. The number of nitrogens with one attached hydrogen (secondary N) is 1. The van der Waals surface area contributed by atoms with Crippen molar-refractivity contribution in [2.45, 2.75) is 39.8 Å². The molecule has 0 saturated heterocycles. The zero-order valence-electron chi connectivity index (χ0n) is 12.9. The van der Waals surface area contributed by atoms with Crippen molar-refractivity contribution in [3.8, 4) is 0 Å². The van der Waals surface area contributed by atoms with Gasteiger partial charge in [-0.3, -0.25) is 0 Å². The van der Waals surface area contributed by atoms with Crippen LogP contribution in [0.4, 0.5) is 4.79 Å². The van der Waals surface area contributed by atoms with E-state index in [1.165, 1.54) is 4.90 Å². The van der Waals surface area contributed by atoms with Crippen LogP contribution in [0.2, 0.25) is 0 Å². The molecule has 0 unspecified atom stereocenters. The Labute approximate surface area is 128 Å². The Balaban J connectivity index is 2.46. The summed E-state index contributed by atoms with van der Waals surface area (Å²) >= 11 is 1.56. The molecule has 2 amide bonds. The number of hydrogen-bond acceptors (Lipinski definition) is 4. The number of nitrogens with zero attached hydrogens (tertiary/aromatic N) is 1. The number of rotatable bonds is 3. The molecule has 0 bridgehead atoms. The molecule has 0 saturated carbocycles. The molecule has 1 N–H and O–H groups in total. The average molecular weight is 308 g/mol. The van der Waals surface area contributed by atoms with Gasteiger partial charge >= 0.3 is 12.0 Å². The zero-order valence-corrected chi connectivity index (χ0v) is 13.7. The van der Waals surface area contributed by atoms with E-state index in [2.05, 4.69) is 5.32 Å². The molecule has 1 atom stereocenters. The third kappa shape index (κ3) is 3.10. The third-order valence-corrected chi connectivity index (χ3v) is 4.43. The van der Waals surface area contributed by atoms with Crippen molar-refractivity contribution >= 4 is 23.3 Å². The molecule has 1 aliphatic heterocycles. The number of urea groups is 1. The molecule has 0 spiro atoms. The van der Waals surface area contributed by atoms with Crippen LogP contribution in [0, 0.1) is 6.92 Å². The van der Waals surface area contributed by atoms with E-state index >= 15 is 0 Å². The molecular formula is C15H20N2O3S. The Kier molecular flexibility index (Phi) is 4.37. The van der Waals surface area contributed by atoms with Crippen LogP contribution in [0.3, 0.4) is 0 Å². The Morgan fingerprint density at radius 1 is 1.38 bits per heavy atom. The molecule has 2 rings (SSSR count). The number of carbonyl (C=O) groups excluding carboxylic acids is 2. The first-order valence-corrected chi connectivity index (χ1v) is 7.65. The maximum absolute atomic E-state index is 12.4. The second kappa shape index (κ2) is 5.89. The lowest BCUT2D eigenvalue weighted by Gasteiger charge is -2.32. The number of amides is 2. The van der Waals surface area contributed by atoms with Crippen molar-refractivity contribution in [1.82, 2.24) is 10.2 Å². The maximum atomic E-state index is 12.4. The van der Waals surface area contributed by atoms with Crippen LogP contribution in [0.5, 0.6) is 0 Å². The van der Waals surface area contributed by atoms with Gasteiger partial charge < -0.3 is 15.0 Å². The standard InChI is InChI=1S/C15H20N2O3S/c1-8(2)20-14(18)12-10(4)17(5)15(19)16-13(12)11-7-6-9(3)21-11/h6-8,13H,1-5H3,(H,16,19)/t13-/m1/s1. The first kappa shape index (κ1) is 15.6. The molecule has 0 radical (unpaired) electrons. The third-order valence-electron chi connectivity index (χ3n) is 3.36. The molecule has 1 aliphatic rings. The predicted molar refractivity (Wildman–Crippen MR) is 82.0 cm³/mol. The minimum absolute atomic E-state index is 0.202. The van der Waals surface area contributed by atoms with E-state index in [9.17, 15) is 9.59 Å². The molecule has 114 valence electrons. The predicted octanol–water partition coefficient (Wildman–Crippen LogP) is 2.98. The largest absolute Gasteiger partial charge is 0.459 e.